The number of hydrogen-bond acceptors (Lipinski definition) is 2. The van der Waals surface area contributed by atoms with Crippen molar-refractivity contribution in [3.63, 3.8) is 0 Å². The number of piperazine rings is 1. The first-order valence-electron chi connectivity index (χ1n) is 5.25. The number of hydrogen-bond donors (Lipinski definition) is 1. The number of carbonyl (C=O) groups is 1. The van der Waals surface area contributed by atoms with Crippen LogP contribution in [0.4, 0.5) is 0 Å². The number of nitrogens with zero attached hydrogens (tertiary/aromatic N) is 1. The standard InChI is InChI=1S/C10H18N2O/c1-12-8-7-11-9(13)10(12)5-3-2-4-6-10/h2-8H2,1H3,(H,11,13). The molecule has 0 bridgehead atoms. The molecule has 1 saturated heterocycles. The first kappa shape index (κ1) is 9.00. The Hall–Kier alpha value is -0.570. The first-order chi connectivity index (χ1) is 6.26. The zero-order valence-electron chi connectivity index (χ0n) is 8.31. The molecule has 0 aromatic carbocycles. The molecule has 1 N–H and O–H groups in total. The fourth-order valence-corrected chi connectivity index (χ4v) is 2.63. The Bertz CT molecular complexity index is 209. The summed E-state index contributed by atoms with van der Waals surface area (Å²) in [4.78, 5) is 14.1. The first-order valence-corrected chi connectivity index (χ1v) is 5.25. The van der Waals surface area contributed by atoms with Gasteiger partial charge in [0.1, 0.15) is 5.54 Å². The monoisotopic (exact) mass is 182 g/mol. The van der Waals surface area contributed by atoms with Crippen LogP contribution < -0.4 is 5.32 Å². The maximum Gasteiger partial charge on any atom is 0.240 e. The minimum atomic E-state index is -0.142. The lowest BCUT2D eigenvalue weighted by atomic mass is 9.79. The van der Waals surface area contributed by atoms with Crippen LogP contribution in [0.1, 0.15) is 32.1 Å². The fraction of sp³-hybridized carbons (Fsp3) is 0.900. The summed E-state index contributed by atoms with van der Waals surface area (Å²) >= 11 is 0. The van der Waals surface area contributed by atoms with Gasteiger partial charge in [0, 0.05) is 13.1 Å². The predicted octanol–water partition coefficient (Wildman–Crippen LogP) is 0.751. The van der Waals surface area contributed by atoms with Crippen molar-refractivity contribution in [2.24, 2.45) is 0 Å². The Morgan fingerprint density at radius 2 is 2.00 bits per heavy atom. The van der Waals surface area contributed by atoms with Crippen LogP contribution in [0.15, 0.2) is 0 Å². The van der Waals surface area contributed by atoms with Gasteiger partial charge in [-0.2, -0.15) is 0 Å². The number of carbonyl (C=O) groups excluding carboxylic acids is 1. The lowest BCUT2D eigenvalue weighted by Gasteiger charge is -2.46. The van der Waals surface area contributed by atoms with Crippen molar-refractivity contribution in [3.8, 4) is 0 Å². The van der Waals surface area contributed by atoms with Crippen molar-refractivity contribution in [2.75, 3.05) is 20.1 Å². The SMILES string of the molecule is CN1CCNC(=O)C12CCCCC2. The van der Waals surface area contributed by atoms with Crippen LogP contribution in [-0.2, 0) is 4.79 Å². The Morgan fingerprint density at radius 1 is 1.31 bits per heavy atom. The van der Waals surface area contributed by atoms with E-state index in [0.717, 1.165) is 25.9 Å². The molecule has 0 aromatic heterocycles. The number of rotatable bonds is 0. The van der Waals surface area contributed by atoms with Crippen molar-refractivity contribution < 1.29 is 4.79 Å². The van der Waals surface area contributed by atoms with Crippen LogP contribution in [0, 0.1) is 0 Å². The quantitative estimate of drug-likeness (QED) is 0.599. The van der Waals surface area contributed by atoms with Gasteiger partial charge in [0.2, 0.25) is 5.91 Å². The number of amides is 1. The predicted molar refractivity (Wildman–Crippen MR) is 51.5 cm³/mol. The van der Waals surface area contributed by atoms with Gasteiger partial charge in [-0.15, -0.1) is 0 Å². The van der Waals surface area contributed by atoms with E-state index in [9.17, 15) is 4.79 Å². The van der Waals surface area contributed by atoms with E-state index in [-0.39, 0.29) is 11.4 Å². The van der Waals surface area contributed by atoms with Crippen molar-refractivity contribution in [1.29, 1.82) is 0 Å². The summed E-state index contributed by atoms with van der Waals surface area (Å²) in [5, 5.41) is 2.99. The molecule has 3 nitrogen and oxygen atoms in total. The van der Waals surface area contributed by atoms with E-state index in [4.69, 9.17) is 0 Å². The fourth-order valence-electron chi connectivity index (χ4n) is 2.63. The van der Waals surface area contributed by atoms with Gasteiger partial charge < -0.3 is 5.32 Å². The number of nitrogens with one attached hydrogen (secondary N) is 1. The third kappa shape index (κ3) is 1.35. The van der Waals surface area contributed by atoms with E-state index < -0.39 is 0 Å². The van der Waals surface area contributed by atoms with Crippen molar-refractivity contribution >= 4 is 5.91 Å². The van der Waals surface area contributed by atoms with Gasteiger partial charge in [-0.05, 0) is 19.9 Å². The van der Waals surface area contributed by atoms with Gasteiger partial charge in [-0.3, -0.25) is 9.69 Å². The molecule has 3 heteroatoms. The van der Waals surface area contributed by atoms with E-state index in [1.54, 1.807) is 0 Å². The minimum Gasteiger partial charge on any atom is -0.353 e. The van der Waals surface area contributed by atoms with Crippen molar-refractivity contribution in [2.45, 2.75) is 37.6 Å². The summed E-state index contributed by atoms with van der Waals surface area (Å²) in [5.41, 5.74) is -0.142. The lowest BCUT2D eigenvalue weighted by Crippen LogP contribution is -2.64. The summed E-state index contributed by atoms with van der Waals surface area (Å²) in [7, 11) is 2.09. The van der Waals surface area contributed by atoms with E-state index in [0.29, 0.717) is 0 Å². The Labute approximate surface area is 79.5 Å². The summed E-state index contributed by atoms with van der Waals surface area (Å²) < 4.78 is 0. The van der Waals surface area contributed by atoms with Crippen molar-refractivity contribution in [1.82, 2.24) is 10.2 Å². The van der Waals surface area contributed by atoms with Gasteiger partial charge in [-0.1, -0.05) is 19.3 Å². The Morgan fingerprint density at radius 3 is 2.62 bits per heavy atom. The average molecular weight is 182 g/mol. The van der Waals surface area contributed by atoms with Crippen LogP contribution in [0.2, 0.25) is 0 Å². The molecule has 0 radical (unpaired) electrons. The molecule has 2 fully saturated rings. The molecule has 2 aliphatic rings. The second-order valence-electron chi connectivity index (χ2n) is 4.27. The molecule has 1 saturated carbocycles. The highest BCUT2D eigenvalue weighted by atomic mass is 16.2. The lowest BCUT2D eigenvalue weighted by molar-refractivity contribution is -0.138. The molecule has 1 spiro atoms. The maximum atomic E-state index is 11.8. The molecule has 74 valence electrons. The summed E-state index contributed by atoms with van der Waals surface area (Å²) in [5.74, 6) is 0.265. The van der Waals surface area contributed by atoms with Crippen LogP contribution in [0.5, 0.6) is 0 Å². The van der Waals surface area contributed by atoms with Crippen LogP contribution in [0.3, 0.4) is 0 Å². The molecular formula is C10H18N2O. The zero-order chi connectivity index (χ0) is 9.31. The molecule has 0 aromatic rings. The average Bonchev–Trinajstić information content (AvgIpc) is 2.16. The highest BCUT2D eigenvalue weighted by Crippen LogP contribution is 2.34. The third-order valence-electron chi connectivity index (χ3n) is 3.57. The van der Waals surface area contributed by atoms with Gasteiger partial charge in [0.25, 0.3) is 0 Å². The van der Waals surface area contributed by atoms with Crippen LogP contribution in [0.25, 0.3) is 0 Å². The molecule has 1 aliphatic carbocycles. The smallest absolute Gasteiger partial charge is 0.240 e. The molecule has 1 heterocycles. The van der Waals surface area contributed by atoms with E-state index >= 15 is 0 Å². The molecule has 0 atom stereocenters. The molecule has 0 unspecified atom stereocenters. The van der Waals surface area contributed by atoms with Crippen LogP contribution in [-0.4, -0.2) is 36.5 Å². The maximum absolute atomic E-state index is 11.8. The molecular weight excluding hydrogens is 164 g/mol. The highest BCUT2D eigenvalue weighted by molar-refractivity contribution is 5.87. The summed E-state index contributed by atoms with van der Waals surface area (Å²) in [6, 6.07) is 0. The Balaban J connectivity index is 2.18. The molecule has 1 amide bonds. The van der Waals surface area contributed by atoms with Crippen LogP contribution >= 0.6 is 0 Å². The van der Waals surface area contributed by atoms with Gasteiger partial charge >= 0.3 is 0 Å². The topological polar surface area (TPSA) is 32.3 Å². The van der Waals surface area contributed by atoms with Gasteiger partial charge in [-0.25, -0.2) is 0 Å². The van der Waals surface area contributed by atoms with E-state index in [1.165, 1.54) is 19.3 Å². The zero-order valence-corrected chi connectivity index (χ0v) is 8.31. The molecule has 2 rings (SSSR count). The molecule has 13 heavy (non-hydrogen) atoms. The minimum absolute atomic E-state index is 0.142. The second-order valence-corrected chi connectivity index (χ2v) is 4.27. The Kier molecular flexibility index (Phi) is 2.28. The largest absolute Gasteiger partial charge is 0.353 e. The van der Waals surface area contributed by atoms with Gasteiger partial charge in [0.05, 0.1) is 0 Å². The normalized spacial score (nSPS) is 28.8. The molecule has 1 aliphatic heterocycles. The van der Waals surface area contributed by atoms with Crippen molar-refractivity contribution in [3.05, 3.63) is 0 Å². The number of likely N-dealkylation sites (N-methyl/N-ethyl adjacent to an activating group) is 1. The highest BCUT2D eigenvalue weighted by Gasteiger charge is 2.44. The van der Waals surface area contributed by atoms with E-state index in [1.807, 2.05) is 0 Å². The summed E-state index contributed by atoms with van der Waals surface area (Å²) in [6.45, 7) is 1.82. The van der Waals surface area contributed by atoms with E-state index in [2.05, 4.69) is 17.3 Å². The van der Waals surface area contributed by atoms with Gasteiger partial charge in [0.15, 0.2) is 0 Å². The summed E-state index contributed by atoms with van der Waals surface area (Å²) in [6.07, 6.45) is 5.81. The second kappa shape index (κ2) is 3.29. The third-order valence-corrected chi connectivity index (χ3v) is 3.57.